The van der Waals surface area contributed by atoms with Gasteiger partial charge in [0, 0.05) is 50.0 Å². The van der Waals surface area contributed by atoms with Gasteiger partial charge in [-0.05, 0) is 48.5 Å². The standard InChI is InChI=1S/C23H20N4O2/c1-27(2)17-9-12-26-22(13-17)21-8-7-18(28-19-5-3-10-24-15-19)14-23(21)29-20-6-4-11-25-16-20/h3-16H,1-2H3. The highest BCUT2D eigenvalue weighted by atomic mass is 16.5. The van der Waals surface area contributed by atoms with Crippen LogP contribution in [0, 0.1) is 0 Å². The first-order valence-corrected chi connectivity index (χ1v) is 9.12. The summed E-state index contributed by atoms with van der Waals surface area (Å²) >= 11 is 0. The zero-order valence-electron chi connectivity index (χ0n) is 16.2. The first-order valence-electron chi connectivity index (χ1n) is 9.12. The van der Waals surface area contributed by atoms with Crippen LogP contribution in [0.15, 0.2) is 85.6 Å². The first kappa shape index (κ1) is 18.4. The van der Waals surface area contributed by atoms with Gasteiger partial charge in [0.05, 0.1) is 18.1 Å². The van der Waals surface area contributed by atoms with E-state index in [0.717, 1.165) is 16.9 Å². The second-order valence-corrected chi connectivity index (χ2v) is 6.53. The van der Waals surface area contributed by atoms with Gasteiger partial charge in [-0.1, -0.05) is 0 Å². The molecule has 4 rings (SSSR count). The molecule has 4 aromatic rings. The van der Waals surface area contributed by atoms with Crippen LogP contribution < -0.4 is 14.4 Å². The van der Waals surface area contributed by atoms with Crippen molar-refractivity contribution in [2.75, 3.05) is 19.0 Å². The fourth-order valence-corrected chi connectivity index (χ4v) is 2.79. The van der Waals surface area contributed by atoms with Gasteiger partial charge in [-0.25, -0.2) is 0 Å². The molecule has 0 spiro atoms. The van der Waals surface area contributed by atoms with Gasteiger partial charge >= 0.3 is 0 Å². The van der Waals surface area contributed by atoms with Crippen molar-refractivity contribution in [3.05, 3.63) is 85.6 Å². The molecule has 6 heteroatoms. The number of rotatable bonds is 6. The largest absolute Gasteiger partial charge is 0.456 e. The third-order valence-corrected chi connectivity index (χ3v) is 4.22. The molecular formula is C23H20N4O2. The number of aromatic nitrogens is 3. The predicted molar refractivity (Wildman–Crippen MR) is 113 cm³/mol. The van der Waals surface area contributed by atoms with Crippen LogP contribution in [0.5, 0.6) is 23.0 Å². The summed E-state index contributed by atoms with van der Waals surface area (Å²) in [5, 5.41) is 0. The van der Waals surface area contributed by atoms with Crippen LogP contribution in [-0.2, 0) is 0 Å². The lowest BCUT2D eigenvalue weighted by molar-refractivity contribution is 0.459. The summed E-state index contributed by atoms with van der Waals surface area (Å²) in [7, 11) is 3.99. The Bertz CT molecular complexity index is 1090. The Labute approximate surface area is 169 Å². The third-order valence-electron chi connectivity index (χ3n) is 4.22. The fraction of sp³-hybridized carbons (Fsp3) is 0.0870. The molecular weight excluding hydrogens is 364 g/mol. The second-order valence-electron chi connectivity index (χ2n) is 6.53. The molecule has 0 fully saturated rings. The van der Waals surface area contributed by atoms with Crippen LogP contribution in [0.3, 0.4) is 0 Å². The van der Waals surface area contributed by atoms with Crippen molar-refractivity contribution in [2.24, 2.45) is 0 Å². The van der Waals surface area contributed by atoms with E-state index in [-0.39, 0.29) is 0 Å². The quantitative estimate of drug-likeness (QED) is 0.456. The minimum absolute atomic E-state index is 0.628. The average Bonchev–Trinajstić information content (AvgIpc) is 2.75. The van der Waals surface area contributed by atoms with E-state index in [9.17, 15) is 0 Å². The van der Waals surface area contributed by atoms with Gasteiger partial charge in [0.15, 0.2) is 0 Å². The van der Waals surface area contributed by atoms with Gasteiger partial charge in [0.1, 0.15) is 23.0 Å². The van der Waals surface area contributed by atoms with Crippen molar-refractivity contribution in [2.45, 2.75) is 0 Å². The van der Waals surface area contributed by atoms with Crippen molar-refractivity contribution in [3.8, 4) is 34.3 Å². The van der Waals surface area contributed by atoms with Crippen LogP contribution in [-0.4, -0.2) is 29.0 Å². The zero-order valence-corrected chi connectivity index (χ0v) is 16.2. The third kappa shape index (κ3) is 4.50. The molecule has 0 aliphatic rings. The number of benzene rings is 1. The molecule has 0 atom stereocenters. The fourth-order valence-electron chi connectivity index (χ4n) is 2.79. The van der Waals surface area contributed by atoms with E-state index in [4.69, 9.17) is 9.47 Å². The van der Waals surface area contributed by atoms with Gasteiger partial charge in [0.25, 0.3) is 0 Å². The normalized spacial score (nSPS) is 10.4. The van der Waals surface area contributed by atoms with Gasteiger partial charge < -0.3 is 14.4 Å². The molecule has 0 saturated carbocycles. The van der Waals surface area contributed by atoms with E-state index in [1.165, 1.54) is 0 Å². The van der Waals surface area contributed by atoms with Crippen LogP contribution in [0.2, 0.25) is 0 Å². The maximum atomic E-state index is 6.13. The molecule has 144 valence electrons. The Hall–Kier alpha value is -3.93. The summed E-state index contributed by atoms with van der Waals surface area (Å²) in [4.78, 5) is 14.8. The molecule has 1 aromatic carbocycles. The highest BCUT2D eigenvalue weighted by Gasteiger charge is 2.13. The van der Waals surface area contributed by atoms with Crippen LogP contribution in [0.25, 0.3) is 11.3 Å². The Morgan fingerprint density at radius 1 is 0.724 bits per heavy atom. The van der Waals surface area contributed by atoms with E-state index in [0.29, 0.717) is 23.0 Å². The lowest BCUT2D eigenvalue weighted by Crippen LogP contribution is -2.08. The Morgan fingerprint density at radius 2 is 1.45 bits per heavy atom. The van der Waals surface area contributed by atoms with E-state index >= 15 is 0 Å². The first-order chi connectivity index (χ1) is 14.2. The van der Waals surface area contributed by atoms with Gasteiger partial charge in [-0.15, -0.1) is 0 Å². The molecule has 29 heavy (non-hydrogen) atoms. The van der Waals surface area contributed by atoms with Crippen LogP contribution >= 0.6 is 0 Å². The van der Waals surface area contributed by atoms with E-state index in [1.54, 1.807) is 31.0 Å². The highest BCUT2D eigenvalue weighted by molar-refractivity contribution is 5.72. The molecule has 3 aromatic heterocycles. The molecule has 0 saturated heterocycles. The minimum atomic E-state index is 0.628. The molecule has 3 heterocycles. The highest BCUT2D eigenvalue weighted by Crippen LogP contribution is 2.37. The maximum absolute atomic E-state index is 6.13. The molecule has 0 N–H and O–H groups in total. The molecule has 0 unspecified atom stereocenters. The number of hydrogen-bond donors (Lipinski definition) is 0. The molecule has 0 bridgehead atoms. The molecule has 0 aliphatic heterocycles. The number of ether oxygens (including phenoxy) is 2. The molecule has 0 radical (unpaired) electrons. The summed E-state index contributed by atoms with van der Waals surface area (Å²) in [6, 6.07) is 17.0. The number of pyridine rings is 3. The van der Waals surface area contributed by atoms with Gasteiger partial charge in [-0.3, -0.25) is 15.0 Å². The van der Waals surface area contributed by atoms with E-state index in [1.807, 2.05) is 73.6 Å². The van der Waals surface area contributed by atoms with Gasteiger partial charge in [0.2, 0.25) is 0 Å². The summed E-state index contributed by atoms with van der Waals surface area (Å²) in [6.07, 6.45) is 8.53. The monoisotopic (exact) mass is 384 g/mol. The van der Waals surface area contributed by atoms with E-state index in [2.05, 4.69) is 15.0 Å². The SMILES string of the molecule is CN(C)c1ccnc(-c2ccc(Oc3cccnc3)cc2Oc2cccnc2)c1. The van der Waals surface area contributed by atoms with Gasteiger partial charge in [-0.2, -0.15) is 0 Å². The van der Waals surface area contributed by atoms with Crippen molar-refractivity contribution in [1.29, 1.82) is 0 Å². The van der Waals surface area contributed by atoms with Crippen molar-refractivity contribution >= 4 is 5.69 Å². The number of hydrogen-bond acceptors (Lipinski definition) is 6. The molecule has 6 nitrogen and oxygen atoms in total. The summed E-state index contributed by atoms with van der Waals surface area (Å²) in [5.74, 6) is 2.56. The minimum Gasteiger partial charge on any atom is -0.456 e. The molecule has 0 amide bonds. The van der Waals surface area contributed by atoms with Crippen molar-refractivity contribution < 1.29 is 9.47 Å². The number of anilines is 1. The second kappa shape index (κ2) is 8.39. The lowest BCUT2D eigenvalue weighted by Gasteiger charge is -2.16. The average molecular weight is 384 g/mol. The summed E-state index contributed by atoms with van der Waals surface area (Å²) < 4.78 is 12.1. The topological polar surface area (TPSA) is 60.4 Å². The van der Waals surface area contributed by atoms with Crippen LogP contribution in [0.1, 0.15) is 0 Å². The van der Waals surface area contributed by atoms with Crippen molar-refractivity contribution in [1.82, 2.24) is 15.0 Å². The summed E-state index contributed by atoms with van der Waals surface area (Å²) in [6.45, 7) is 0. The zero-order chi connectivity index (χ0) is 20.1. The lowest BCUT2D eigenvalue weighted by atomic mass is 10.1. The number of nitrogens with zero attached hydrogens (tertiary/aromatic N) is 4. The Kier molecular flexibility index (Phi) is 5.33. The maximum Gasteiger partial charge on any atom is 0.145 e. The Morgan fingerprint density at radius 3 is 2.10 bits per heavy atom. The van der Waals surface area contributed by atoms with Crippen LogP contribution in [0.4, 0.5) is 5.69 Å². The van der Waals surface area contributed by atoms with Crippen molar-refractivity contribution in [3.63, 3.8) is 0 Å². The smallest absolute Gasteiger partial charge is 0.145 e. The predicted octanol–water partition coefficient (Wildman–Crippen LogP) is 5.19. The van der Waals surface area contributed by atoms with E-state index < -0.39 is 0 Å². The molecule has 0 aliphatic carbocycles. The summed E-state index contributed by atoms with van der Waals surface area (Å²) in [5.41, 5.74) is 2.72. The Balaban J connectivity index is 1.74.